The Kier molecular flexibility index (Phi) is 2.65. The van der Waals surface area contributed by atoms with Gasteiger partial charge in [-0.1, -0.05) is 13.8 Å². The molecule has 13 heavy (non-hydrogen) atoms. The standard InChI is InChI=1S/C8H12N2O3/c1-5(2)8(13)10-4-6(11)9-3-7(10)12/h5H,3-4H2,1-2H3,(H,9,11). The first-order chi connectivity index (χ1) is 6.02. The Morgan fingerprint density at radius 2 is 2.08 bits per heavy atom. The molecule has 1 fully saturated rings. The highest BCUT2D eigenvalue weighted by molar-refractivity contribution is 6.03. The van der Waals surface area contributed by atoms with Gasteiger partial charge in [-0.3, -0.25) is 19.3 Å². The van der Waals surface area contributed by atoms with E-state index in [1.807, 2.05) is 0 Å². The molecule has 1 saturated heterocycles. The van der Waals surface area contributed by atoms with Crippen molar-refractivity contribution in [2.75, 3.05) is 13.1 Å². The zero-order chi connectivity index (χ0) is 10.0. The van der Waals surface area contributed by atoms with Crippen molar-refractivity contribution in [2.45, 2.75) is 13.8 Å². The second-order valence-electron chi connectivity index (χ2n) is 3.25. The molecule has 1 aliphatic heterocycles. The number of nitrogens with zero attached hydrogens (tertiary/aromatic N) is 1. The van der Waals surface area contributed by atoms with Crippen molar-refractivity contribution in [1.82, 2.24) is 10.2 Å². The number of carbonyl (C=O) groups is 3. The highest BCUT2D eigenvalue weighted by atomic mass is 16.2. The van der Waals surface area contributed by atoms with Gasteiger partial charge in [-0.05, 0) is 0 Å². The lowest BCUT2D eigenvalue weighted by Gasteiger charge is -2.26. The second-order valence-corrected chi connectivity index (χ2v) is 3.25. The Bertz CT molecular complexity index is 260. The van der Waals surface area contributed by atoms with Gasteiger partial charge in [0.05, 0.1) is 6.54 Å². The van der Waals surface area contributed by atoms with E-state index in [2.05, 4.69) is 5.32 Å². The van der Waals surface area contributed by atoms with Crippen molar-refractivity contribution < 1.29 is 14.4 Å². The predicted molar refractivity (Wildman–Crippen MR) is 44.6 cm³/mol. The molecule has 1 rings (SSSR count). The van der Waals surface area contributed by atoms with E-state index in [0.717, 1.165) is 4.90 Å². The van der Waals surface area contributed by atoms with Gasteiger partial charge in [0, 0.05) is 5.92 Å². The molecular formula is C8H12N2O3. The van der Waals surface area contributed by atoms with Crippen molar-refractivity contribution in [3.05, 3.63) is 0 Å². The molecule has 0 atom stereocenters. The summed E-state index contributed by atoms with van der Waals surface area (Å²) in [6.07, 6.45) is 0. The average molecular weight is 184 g/mol. The van der Waals surface area contributed by atoms with Gasteiger partial charge >= 0.3 is 0 Å². The van der Waals surface area contributed by atoms with Crippen LogP contribution in [0.5, 0.6) is 0 Å². The first-order valence-corrected chi connectivity index (χ1v) is 4.13. The molecule has 0 saturated carbocycles. The van der Waals surface area contributed by atoms with Crippen molar-refractivity contribution in [1.29, 1.82) is 0 Å². The smallest absolute Gasteiger partial charge is 0.249 e. The first kappa shape index (κ1) is 9.70. The van der Waals surface area contributed by atoms with E-state index in [0.29, 0.717) is 0 Å². The fourth-order valence-electron chi connectivity index (χ4n) is 1.07. The topological polar surface area (TPSA) is 66.5 Å². The van der Waals surface area contributed by atoms with Crippen LogP contribution in [0, 0.1) is 5.92 Å². The molecule has 72 valence electrons. The molecule has 0 spiro atoms. The van der Waals surface area contributed by atoms with Crippen molar-refractivity contribution in [2.24, 2.45) is 5.92 Å². The molecule has 0 unspecified atom stereocenters. The van der Waals surface area contributed by atoms with E-state index in [9.17, 15) is 14.4 Å². The van der Waals surface area contributed by atoms with Gasteiger partial charge in [0.25, 0.3) is 0 Å². The van der Waals surface area contributed by atoms with Crippen LogP contribution >= 0.6 is 0 Å². The van der Waals surface area contributed by atoms with Gasteiger partial charge in [-0.2, -0.15) is 0 Å². The fourth-order valence-corrected chi connectivity index (χ4v) is 1.07. The number of piperazine rings is 1. The lowest BCUT2D eigenvalue weighted by atomic mass is 10.1. The molecule has 5 heteroatoms. The predicted octanol–water partition coefficient (Wildman–Crippen LogP) is -0.873. The lowest BCUT2D eigenvalue weighted by molar-refractivity contribution is -0.152. The molecule has 0 aromatic rings. The van der Waals surface area contributed by atoms with Gasteiger partial charge in [-0.25, -0.2) is 0 Å². The van der Waals surface area contributed by atoms with E-state index in [-0.39, 0.29) is 36.7 Å². The van der Waals surface area contributed by atoms with Gasteiger partial charge < -0.3 is 5.32 Å². The van der Waals surface area contributed by atoms with Crippen LogP contribution in [0.2, 0.25) is 0 Å². The van der Waals surface area contributed by atoms with Gasteiger partial charge in [0.2, 0.25) is 17.7 Å². The largest absolute Gasteiger partial charge is 0.345 e. The Morgan fingerprint density at radius 3 is 2.62 bits per heavy atom. The van der Waals surface area contributed by atoms with Crippen LogP contribution in [0.1, 0.15) is 13.8 Å². The fraction of sp³-hybridized carbons (Fsp3) is 0.625. The summed E-state index contributed by atoms with van der Waals surface area (Å²) in [6.45, 7) is 3.18. The summed E-state index contributed by atoms with van der Waals surface area (Å²) in [7, 11) is 0. The molecule has 0 aromatic heterocycles. The maximum absolute atomic E-state index is 11.4. The third-order valence-electron chi connectivity index (χ3n) is 1.80. The Balaban J connectivity index is 2.71. The van der Waals surface area contributed by atoms with Crippen LogP contribution in [0.4, 0.5) is 0 Å². The maximum atomic E-state index is 11.4. The molecule has 0 aliphatic carbocycles. The molecule has 1 aliphatic rings. The maximum Gasteiger partial charge on any atom is 0.249 e. The summed E-state index contributed by atoms with van der Waals surface area (Å²) in [5, 5.41) is 2.37. The van der Waals surface area contributed by atoms with E-state index < -0.39 is 0 Å². The molecule has 0 bridgehead atoms. The van der Waals surface area contributed by atoms with E-state index in [1.54, 1.807) is 13.8 Å². The Hall–Kier alpha value is -1.39. The van der Waals surface area contributed by atoms with Crippen LogP contribution in [-0.4, -0.2) is 35.7 Å². The summed E-state index contributed by atoms with van der Waals surface area (Å²) in [4.78, 5) is 34.4. The third kappa shape index (κ3) is 2.05. The SMILES string of the molecule is CC(C)C(=O)N1CC(=O)NCC1=O. The van der Waals surface area contributed by atoms with Crippen LogP contribution in [-0.2, 0) is 14.4 Å². The number of amides is 3. The molecule has 1 N–H and O–H groups in total. The normalized spacial score (nSPS) is 17.6. The zero-order valence-corrected chi connectivity index (χ0v) is 7.66. The molecule has 0 radical (unpaired) electrons. The number of hydrogen-bond acceptors (Lipinski definition) is 3. The zero-order valence-electron chi connectivity index (χ0n) is 7.66. The highest BCUT2D eigenvalue weighted by Crippen LogP contribution is 2.03. The minimum Gasteiger partial charge on any atom is -0.345 e. The summed E-state index contributed by atoms with van der Waals surface area (Å²) in [5.41, 5.74) is 0. The third-order valence-corrected chi connectivity index (χ3v) is 1.80. The Morgan fingerprint density at radius 1 is 1.46 bits per heavy atom. The summed E-state index contributed by atoms with van der Waals surface area (Å²) in [6, 6.07) is 0. The average Bonchev–Trinajstić information content (AvgIpc) is 2.08. The van der Waals surface area contributed by atoms with Gasteiger partial charge in [0.1, 0.15) is 6.54 Å². The summed E-state index contributed by atoms with van der Waals surface area (Å²) in [5.74, 6) is -1.17. The molecular weight excluding hydrogens is 172 g/mol. The van der Waals surface area contributed by atoms with E-state index >= 15 is 0 Å². The molecule has 3 amide bonds. The minimum atomic E-state index is -0.335. The van der Waals surface area contributed by atoms with Gasteiger partial charge in [-0.15, -0.1) is 0 Å². The highest BCUT2D eigenvalue weighted by Gasteiger charge is 2.29. The van der Waals surface area contributed by atoms with Gasteiger partial charge in [0.15, 0.2) is 0 Å². The molecule has 5 nitrogen and oxygen atoms in total. The number of nitrogens with one attached hydrogen (secondary N) is 1. The van der Waals surface area contributed by atoms with E-state index in [4.69, 9.17) is 0 Å². The van der Waals surface area contributed by atoms with E-state index in [1.165, 1.54) is 0 Å². The number of hydrogen-bond donors (Lipinski definition) is 1. The summed E-state index contributed by atoms with van der Waals surface area (Å²) >= 11 is 0. The number of rotatable bonds is 1. The number of carbonyl (C=O) groups excluding carboxylic acids is 3. The van der Waals surface area contributed by atoms with Crippen molar-refractivity contribution in [3.63, 3.8) is 0 Å². The van der Waals surface area contributed by atoms with Crippen LogP contribution in [0.25, 0.3) is 0 Å². The number of imide groups is 1. The van der Waals surface area contributed by atoms with Crippen molar-refractivity contribution >= 4 is 17.7 Å². The quantitative estimate of drug-likeness (QED) is 0.576. The second kappa shape index (κ2) is 3.55. The Labute approximate surface area is 76.1 Å². The first-order valence-electron chi connectivity index (χ1n) is 4.13. The monoisotopic (exact) mass is 184 g/mol. The minimum absolute atomic E-state index is 0.0721. The summed E-state index contributed by atoms with van der Waals surface area (Å²) < 4.78 is 0. The molecule has 0 aromatic carbocycles. The van der Waals surface area contributed by atoms with Crippen molar-refractivity contribution in [3.8, 4) is 0 Å². The molecule has 1 heterocycles. The van der Waals surface area contributed by atoms with Crippen LogP contribution < -0.4 is 5.32 Å². The van der Waals surface area contributed by atoms with Crippen LogP contribution in [0.15, 0.2) is 0 Å². The van der Waals surface area contributed by atoms with Crippen LogP contribution in [0.3, 0.4) is 0 Å². The lowest BCUT2D eigenvalue weighted by Crippen LogP contribution is -2.54.